The average molecular weight is 309 g/mol. The number of carboxylic acid groups (broad SMARTS) is 1. The number of aryl methyl sites for hydroxylation is 1. The van der Waals surface area contributed by atoms with Crippen LogP contribution in [0, 0.1) is 0 Å². The third kappa shape index (κ3) is 2.46. The molecule has 1 heterocycles. The fourth-order valence-electron chi connectivity index (χ4n) is 3.18. The second kappa shape index (κ2) is 5.80. The highest BCUT2D eigenvalue weighted by molar-refractivity contribution is 5.99. The molecule has 3 rings (SSSR count). The molecule has 4 heteroatoms. The summed E-state index contributed by atoms with van der Waals surface area (Å²) in [6, 6.07) is 15.6. The number of methoxy groups -OCH3 is 1. The van der Waals surface area contributed by atoms with Gasteiger partial charge in [-0.3, -0.25) is 0 Å². The molecule has 0 saturated heterocycles. The fraction of sp³-hybridized carbons (Fsp3) is 0.211. The molecule has 0 aliphatic rings. The molecule has 0 saturated carbocycles. The van der Waals surface area contributed by atoms with Crippen molar-refractivity contribution in [2.45, 2.75) is 12.8 Å². The van der Waals surface area contributed by atoms with Crippen molar-refractivity contribution in [3.63, 3.8) is 0 Å². The van der Waals surface area contributed by atoms with Crippen LogP contribution in [0.2, 0.25) is 0 Å². The third-order valence-electron chi connectivity index (χ3n) is 4.40. The normalized spacial score (nSPS) is 12.3. The van der Waals surface area contributed by atoms with Crippen molar-refractivity contribution in [1.29, 1.82) is 0 Å². The zero-order chi connectivity index (χ0) is 16.6. The average Bonchev–Trinajstić information content (AvgIpc) is 2.88. The molecule has 0 aliphatic carbocycles. The molecule has 0 amide bonds. The lowest BCUT2D eigenvalue weighted by atomic mass is 9.90. The molecule has 2 aromatic carbocycles. The first kappa shape index (κ1) is 15.2. The number of aromatic nitrogens is 1. The number of nitrogens with zero attached hydrogens (tertiary/aromatic N) is 1. The minimum absolute atomic E-state index is 0.0295. The standard InChI is InChI=1S/C19H19NO3/c1-12(13-8-10-14(23-3)11-9-13)17-15-6-4-5-7-16(15)20(2)18(17)19(21)22/h4-12H,1-3H3,(H,21,22). The summed E-state index contributed by atoms with van der Waals surface area (Å²) in [5, 5.41) is 10.7. The smallest absolute Gasteiger partial charge is 0.352 e. The maximum atomic E-state index is 11.8. The highest BCUT2D eigenvalue weighted by Gasteiger charge is 2.25. The summed E-state index contributed by atoms with van der Waals surface area (Å²) in [5.41, 5.74) is 3.18. The first-order valence-electron chi connectivity index (χ1n) is 7.49. The van der Waals surface area contributed by atoms with Crippen LogP contribution in [-0.4, -0.2) is 22.8 Å². The summed E-state index contributed by atoms with van der Waals surface area (Å²) in [7, 11) is 3.43. The van der Waals surface area contributed by atoms with Crippen LogP contribution in [0.1, 0.15) is 34.5 Å². The summed E-state index contributed by atoms with van der Waals surface area (Å²) in [6.45, 7) is 2.04. The zero-order valence-corrected chi connectivity index (χ0v) is 13.4. The Morgan fingerprint density at radius 3 is 2.39 bits per heavy atom. The van der Waals surface area contributed by atoms with Crippen molar-refractivity contribution in [3.8, 4) is 5.75 Å². The minimum Gasteiger partial charge on any atom is -0.497 e. The zero-order valence-electron chi connectivity index (χ0n) is 13.4. The molecule has 4 nitrogen and oxygen atoms in total. The van der Waals surface area contributed by atoms with Crippen molar-refractivity contribution < 1.29 is 14.6 Å². The number of benzene rings is 2. The molecule has 0 radical (unpaired) electrons. The van der Waals surface area contributed by atoms with Gasteiger partial charge in [-0.1, -0.05) is 37.3 Å². The lowest BCUT2D eigenvalue weighted by Gasteiger charge is -2.14. The number of aromatic carboxylic acids is 1. The number of hydrogen-bond donors (Lipinski definition) is 1. The highest BCUT2D eigenvalue weighted by Crippen LogP contribution is 2.35. The van der Waals surface area contributed by atoms with E-state index in [1.54, 1.807) is 18.7 Å². The van der Waals surface area contributed by atoms with Crippen molar-refractivity contribution in [3.05, 3.63) is 65.4 Å². The molecule has 0 spiro atoms. The molecule has 118 valence electrons. The van der Waals surface area contributed by atoms with Gasteiger partial charge in [0.05, 0.1) is 7.11 Å². The Morgan fingerprint density at radius 1 is 1.13 bits per heavy atom. The molecular formula is C19H19NO3. The van der Waals surface area contributed by atoms with Crippen molar-refractivity contribution in [1.82, 2.24) is 4.57 Å². The van der Waals surface area contributed by atoms with E-state index in [4.69, 9.17) is 4.74 Å². The number of carboxylic acids is 1. The molecule has 0 aliphatic heterocycles. The summed E-state index contributed by atoms with van der Waals surface area (Å²) in [4.78, 5) is 11.8. The Bertz CT molecular complexity index is 862. The number of carbonyl (C=O) groups is 1. The van der Waals surface area contributed by atoms with Crippen molar-refractivity contribution >= 4 is 16.9 Å². The summed E-state index contributed by atoms with van der Waals surface area (Å²) in [5.74, 6) is -0.144. The summed E-state index contributed by atoms with van der Waals surface area (Å²) >= 11 is 0. The molecule has 1 N–H and O–H groups in total. The van der Waals surface area contributed by atoms with Gasteiger partial charge in [-0.05, 0) is 29.3 Å². The lowest BCUT2D eigenvalue weighted by Crippen LogP contribution is -2.09. The van der Waals surface area contributed by atoms with Crippen LogP contribution >= 0.6 is 0 Å². The van der Waals surface area contributed by atoms with Crippen LogP contribution in [0.25, 0.3) is 10.9 Å². The van der Waals surface area contributed by atoms with E-state index in [-0.39, 0.29) is 5.92 Å². The van der Waals surface area contributed by atoms with Crippen LogP contribution in [0.5, 0.6) is 5.75 Å². The largest absolute Gasteiger partial charge is 0.497 e. The highest BCUT2D eigenvalue weighted by atomic mass is 16.5. The van der Waals surface area contributed by atoms with Crippen LogP contribution < -0.4 is 4.74 Å². The summed E-state index contributed by atoms with van der Waals surface area (Å²) < 4.78 is 6.95. The van der Waals surface area contributed by atoms with E-state index in [1.165, 1.54) is 0 Å². The number of hydrogen-bond acceptors (Lipinski definition) is 2. The van der Waals surface area contributed by atoms with Crippen LogP contribution in [0.4, 0.5) is 0 Å². The molecule has 1 unspecified atom stereocenters. The molecule has 1 atom stereocenters. The molecule has 0 fully saturated rings. The number of ether oxygens (including phenoxy) is 1. The molecule has 1 aromatic heterocycles. The van der Waals surface area contributed by atoms with Crippen LogP contribution in [0.15, 0.2) is 48.5 Å². The Hall–Kier alpha value is -2.75. The van der Waals surface area contributed by atoms with Gasteiger partial charge in [-0.15, -0.1) is 0 Å². The SMILES string of the molecule is COc1ccc(C(C)c2c(C(=O)O)n(C)c3ccccc23)cc1. The van der Waals surface area contributed by atoms with E-state index < -0.39 is 5.97 Å². The Morgan fingerprint density at radius 2 is 1.78 bits per heavy atom. The molecule has 23 heavy (non-hydrogen) atoms. The topological polar surface area (TPSA) is 51.5 Å². The van der Waals surface area contributed by atoms with Gasteiger partial charge in [-0.2, -0.15) is 0 Å². The second-order valence-electron chi connectivity index (χ2n) is 5.64. The van der Waals surface area contributed by atoms with E-state index in [2.05, 4.69) is 0 Å². The van der Waals surface area contributed by atoms with E-state index in [1.807, 2.05) is 55.5 Å². The number of para-hydroxylation sites is 1. The number of fused-ring (bicyclic) bond motifs is 1. The van der Waals surface area contributed by atoms with E-state index in [0.29, 0.717) is 5.69 Å². The predicted octanol–water partition coefficient (Wildman–Crippen LogP) is 4.04. The van der Waals surface area contributed by atoms with Gasteiger partial charge < -0.3 is 14.4 Å². The van der Waals surface area contributed by atoms with Gasteiger partial charge in [0, 0.05) is 23.9 Å². The van der Waals surface area contributed by atoms with E-state index in [0.717, 1.165) is 27.8 Å². The third-order valence-corrected chi connectivity index (χ3v) is 4.40. The Balaban J connectivity index is 2.21. The lowest BCUT2D eigenvalue weighted by molar-refractivity contribution is 0.0685. The van der Waals surface area contributed by atoms with Gasteiger partial charge in [0.2, 0.25) is 0 Å². The van der Waals surface area contributed by atoms with Crippen LogP contribution in [0.3, 0.4) is 0 Å². The Labute approximate surface area is 134 Å². The van der Waals surface area contributed by atoms with Gasteiger partial charge in [0.25, 0.3) is 0 Å². The van der Waals surface area contributed by atoms with Gasteiger partial charge >= 0.3 is 5.97 Å². The minimum atomic E-state index is -0.904. The van der Waals surface area contributed by atoms with Crippen LogP contribution in [-0.2, 0) is 7.05 Å². The molecule has 0 bridgehead atoms. The van der Waals surface area contributed by atoms with Gasteiger partial charge in [-0.25, -0.2) is 4.79 Å². The van der Waals surface area contributed by atoms with Crippen molar-refractivity contribution in [2.24, 2.45) is 7.05 Å². The van der Waals surface area contributed by atoms with Gasteiger partial charge in [0.1, 0.15) is 11.4 Å². The molecule has 3 aromatic rings. The first-order valence-corrected chi connectivity index (χ1v) is 7.49. The summed E-state index contributed by atoms with van der Waals surface area (Å²) in [6.07, 6.45) is 0. The number of rotatable bonds is 4. The monoisotopic (exact) mass is 309 g/mol. The van der Waals surface area contributed by atoms with Crippen molar-refractivity contribution in [2.75, 3.05) is 7.11 Å². The second-order valence-corrected chi connectivity index (χ2v) is 5.64. The fourth-order valence-corrected chi connectivity index (χ4v) is 3.18. The van der Waals surface area contributed by atoms with E-state index in [9.17, 15) is 9.90 Å². The first-order chi connectivity index (χ1) is 11.0. The maximum Gasteiger partial charge on any atom is 0.352 e. The predicted molar refractivity (Wildman–Crippen MR) is 90.4 cm³/mol. The van der Waals surface area contributed by atoms with Gasteiger partial charge in [0.15, 0.2) is 0 Å². The maximum absolute atomic E-state index is 11.8. The quantitative estimate of drug-likeness (QED) is 0.791. The Kier molecular flexibility index (Phi) is 3.82. The van der Waals surface area contributed by atoms with E-state index >= 15 is 0 Å². The molecular weight excluding hydrogens is 290 g/mol.